The third kappa shape index (κ3) is 2.06. The number of nitrogens with one attached hydrogen (secondary N) is 1. The van der Waals surface area contributed by atoms with E-state index < -0.39 is 0 Å². The summed E-state index contributed by atoms with van der Waals surface area (Å²) >= 11 is 0. The first-order valence-electron chi connectivity index (χ1n) is 5.65. The highest BCUT2D eigenvalue weighted by Crippen LogP contribution is 2.25. The Labute approximate surface area is 97.9 Å². The molecule has 2 heterocycles. The van der Waals surface area contributed by atoms with Gasteiger partial charge in [-0.15, -0.1) is 10.2 Å². The smallest absolute Gasteiger partial charge is 0.247 e. The van der Waals surface area contributed by atoms with E-state index in [1.54, 1.807) is 12.1 Å². The summed E-state index contributed by atoms with van der Waals surface area (Å²) in [4.78, 5) is 0. The molecule has 5 heteroatoms. The maximum Gasteiger partial charge on any atom is 0.247 e. The number of nitrogens with zero attached hydrogens (tertiary/aromatic N) is 2. The minimum atomic E-state index is -0.272. The second kappa shape index (κ2) is 4.25. The lowest BCUT2D eigenvalue weighted by Gasteiger charge is -2.02. The fourth-order valence-electron chi connectivity index (χ4n) is 1.98. The Balaban J connectivity index is 1.86. The molecule has 17 heavy (non-hydrogen) atoms. The second-order valence-corrected chi connectivity index (χ2v) is 4.10. The highest BCUT2D eigenvalue weighted by atomic mass is 19.1. The van der Waals surface area contributed by atoms with Gasteiger partial charge in [0.15, 0.2) is 0 Å². The van der Waals surface area contributed by atoms with Crippen molar-refractivity contribution in [1.82, 2.24) is 15.5 Å². The fraction of sp³-hybridized carbons (Fsp3) is 0.333. The second-order valence-electron chi connectivity index (χ2n) is 4.10. The zero-order valence-electron chi connectivity index (χ0n) is 9.19. The molecule has 1 fully saturated rings. The van der Waals surface area contributed by atoms with Crippen LogP contribution in [0.2, 0.25) is 0 Å². The number of rotatable bonds is 2. The van der Waals surface area contributed by atoms with Crippen molar-refractivity contribution in [2.75, 3.05) is 6.54 Å². The van der Waals surface area contributed by atoms with Crippen LogP contribution >= 0.6 is 0 Å². The van der Waals surface area contributed by atoms with Crippen LogP contribution in [0.15, 0.2) is 28.7 Å². The van der Waals surface area contributed by atoms with Gasteiger partial charge in [0.1, 0.15) is 5.82 Å². The van der Waals surface area contributed by atoms with E-state index in [4.69, 9.17) is 4.42 Å². The third-order valence-corrected chi connectivity index (χ3v) is 2.89. The molecule has 0 aliphatic carbocycles. The van der Waals surface area contributed by atoms with Crippen molar-refractivity contribution in [2.24, 2.45) is 0 Å². The highest BCUT2D eigenvalue weighted by Gasteiger charge is 2.22. The lowest BCUT2D eigenvalue weighted by Crippen LogP contribution is -2.12. The van der Waals surface area contributed by atoms with Gasteiger partial charge in [-0.3, -0.25) is 0 Å². The molecule has 0 amide bonds. The molecule has 0 spiro atoms. The number of hydrogen-bond donors (Lipinski definition) is 1. The normalized spacial score (nSPS) is 19.7. The van der Waals surface area contributed by atoms with Crippen LogP contribution in [0.5, 0.6) is 0 Å². The molecule has 1 aliphatic rings. The molecule has 1 atom stereocenters. The van der Waals surface area contributed by atoms with Crippen LogP contribution in [0, 0.1) is 5.82 Å². The van der Waals surface area contributed by atoms with E-state index in [2.05, 4.69) is 15.5 Å². The predicted molar refractivity (Wildman–Crippen MR) is 59.7 cm³/mol. The first kappa shape index (κ1) is 10.4. The Morgan fingerprint density at radius 1 is 1.24 bits per heavy atom. The van der Waals surface area contributed by atoms with Crippen LogP contribution in [-0.4, -0.2) is 16.7 Å². The van der Waals surface area contributed by atoms with Gasteiger partial charge in [-0.05, 0) is 43.7 Å². The quantitative estimate of drug-likeness (QED) is 0.864. The van der Waals surface area contributed by atoms with Gasteiger partial charge in [0.25, 0.3) is 0 Å². The van der Waals surface area contributed by atoms with E-state index in [1.165, 1.54) is 12.1 Å². The van der Waals surface area contributed by atoms with Gasteiger partial charge in [0.05, 0.1) is 6.04 Å². The molecule has 2 aromatic rings. The minimum Gasteiger partial charge on any atom is -0.419 e. The molecule has 0 bridgehead atoms. The van der Waals surface area contributed by atoms with Crippen molar-refractivity contribution >= 4 is 0 Å². The lowest BCUT2D eigenvalue weighted by atomic mass is 10.2. The van der Waals surface area contributed by atoms with E-state index >= 15 is 0 Å². The number of aromatic nitrogens is 2. The van der Waals surface area contributed by atoms with E-state index in [0.717, 1.165) is 24.9 Å². The van der Waals surface area contributed by atoms with Crippen molar-refractivity contribution < 1.29 is 8.81 Å². The van der Waals surface area contributed by atoms with Crippen LogP contribution in [-0.2, 0) is 0 Å². The maximum atomic E-state index is 12.8. The van der Waals surface area contributed by atoms with Crippen LogP contribution in [0.3, 0.4) is 0 Å². The number of benzene rings is 1. The Kier molecular flexibility index (Phi) is 2.60. The van der Waals surface area contributed by atoms with Gasteiger partial charge in [0.2, 0.25) is 11.8 Å². The molecule has 88 valence electrons. The average molecular weight is 233 g/mol. The van der Waals surface area contributed by atoms with Crippen molar-refractivity contribution in [3.05, 3.63) is 36.0 Å². The zero-order chi connectivity index (χ0) is 11.7. The molecular weight excluding hydrogens is 221 g/mol. The SMILES string of the molecule is Fc1ccc(-c2nnc(C3CCCN3)o2)cc1. The van der Waals surface area contributed by atoms with E-state index in [1.807, 2.05) is 0 Å². The van der Waals surface area contributed by atoms with Gasteiger partial charge in [0, 0.05) is 5.56 Å². The number of hydrogen-bond acceptors (Lipinski definition) is 4. The Bertz CT molecular complexity index is 503. The third-order valence-electron chi connectivity index (χ3n) is 2.89. The van der Waals surface area contributed by atoms with Crippen molar-refractivity contribution in [3.8, 4) is 11.5 Å². The number of halogens is 1. The molecule has 1 aliphatic heterocycles. The summed E-state index contributed by atoms with van der Waals surface area (Å²) in [6, 6.07) is 6.19. The minimum absolute atomic E-state index is 0.164. The molecule has 1 N–H and O–H groups in total. The molecule has 1 aromatic heterocycles. The van der Waals surface area contributed by atoms with E-state index in [0.29, 0.717) is 11.8 Å². The van der Waals surface area contributed by atoms with Crippen LogP contribution in [0.4, 0.5) is 4.39 Å². The molecule has 4 nitrogen and oxygen atoms in total. The molecule has 0 radical (unpaired) electrons. The first-order chi connectivity index (χ1) is 8.33. The molecular formula is C12H12FN3O. The summed E-state index contributed by atoms with van der Waals surface area (Å²) in [5.41, 5.74) is 0.739. The Morgan fingerprint density at radius 3 is 2.76 bits per heavy atom. The largest absolute Gasteiger partial charge is 0.419 e. The molecule has 0 saturated carbocycles. The summed E-state index contributed by atoms with van der Waals surface area (Å²) in [7, 11) is 0. The summed E-state index contributed by atoms with van der Waals surface area (Å²) in [5.74, 6) is 0.779. The van der Waals surface area contributed by atoms with Crippen LogP contribution in [0.25, 0.3) is 11.5 Å². The van der Waals surface area contributed by atoms with Crippen molar-refractivity contribution in [3.63, 3.8) is 0 Å². The van der Waals surface area contributed by atoms with Crippen molar-refractivity contribution in [1.29, 1.82) is 0 Å². The van der Waals surface area contributed by atoms with Gasteiger partial charge in [-0.25, -0.2) is 4.39 Å². The monoisotopic (exact) mass is 233 g/mol. The summed E-state index contributed by atoms with van der Waals surface area (Å²) < 4.78 is 18.4. The van der Waals surface area contributed by atoms with Gasteiger partial charge in [-0.2, -0.15) is 0 Å². The Morgan fingerprint density at radius 2 is 2.06 bits per heavy atom. The van der Waals surface area contributed by atoms with Crippen LogP contribution < -0.4 is 5.32 Å². The Hall–Kier alpha value is -1.75. The van der Waals surface area contributed by atoms with Crippen LogP contribution in [0.1, 0.15) is 24.8 Å². The summed E-state index contributed by atoms with van der Waals surface area (Å²) in [6.07, 6.45) is 2.14. The summed E-state index contributed by atoms with van der Waals surface area (Å²) in [6.45, 7) is 0.985. The topological polar surface area (TPSA) is 51.0 Å². The lowest BCUT2D eigenvalue weighted by molar-refractivity contribution is 0.437. The van der Waals surface area contributed by atoms with Gasteiger partial charge < -0.3 is 9.73 Å². The fourth-order valence-corrected chi connectivity index (χ4v) is 1.98. The van der Waals surface area contributed by atoms with E-state index in [-0.39, 0.29) is 11.9 Å². The maximum absolute atomic E-state index is 12.8. The molecule has 1 aromatic carbocycles. The van der Waals surface area contributed by atoms with Crippen molar-refractivity contribution in [2.45, 2.75) is 18.9 Å². The van der Waals surface area contributed by atoms with E-state index in [9.17, 15) is 4.39 Å². The zero-order valence-corrected chi connectivity index (χ0v) is 9.19. The standard InChI is InChI=1S/C12H12FN3O/c13-9-5-3-8(4-6-9)11-15-16-12(17-11)10-2-1-7-14-10/h3-6,10,14H,1-2,7H2. The first-order valence-corrected chi connectivity index (χ1v) is 5.65. The summed E-state index contributed by atoms with van der Waals surface area (Å²) in [5, 5.41) is 11.3. The molecule has 3 rings (SSSR count). The average Bonchev–Trinajstić information content (AvgIpc) is 3.00. The van der Waals surface area contributed by atoms with Gasteiger partial charge >= 0.3 is 0 Å². The molecule has 1 unspecified atom stereocenters. The molecule has 1 saturated heterocycles. The highest BCUT2D eigenvalue weighted by molar-refractivity contribution is 5.51. The predicted octanol–water partition coefficient (Wildman–Crippen LogP) is 2.30. The van der Waals surface area contributed by atoms with Gasteiger partial charge in [-0.1, -0.05) is 0 Å².